The number of rotatable bonds is 6. The number of nitrogens with one attached hydrogen (secondary N) is 1. The van der Waals surface area contributed by atoms with Gasteiger partial charge in [-0.15, -0.1) is 0 Å². The fourth-order valence-corrected chi connectivity index (χ4v) is 3.77. The number of amides is 1. The Morgan fingerprint density at radius 3 is 2.87 bits per heavy atom. The summed E-state index contributed by atoms with van der Waals surface area (Å²) >= 11 is 0. The van der Waals surface area contributed by atoms with Crippen molar-refractivity contribution < 1.29 is 22.7 Å². The first-order valence-electron chi connectivity index (χ1n) is 10.5. The molecule has 9 heteroatoms. The highest BCUT2D eigenvalue weighted by atomic mass is 19.4. The predicted molar refractivity (Wildman–Crippen MR) is 108 cm³/mol. The Kier molecular flexibility index (Phi) is 7.58. The molecule has 1 aromatic carbocycles. The Balaban J connectivity index is 1.61. The lowest BCUT2D eigenvalue weighted by atomic mass is 10.0. The van der Waals surface area contributed by atoms with Crippen molar-refractivity contribution in [2.45, 2.75) is 38.5 Å². The van der Waals surface area contributed by atoms with Crippen molar-refractivity contribution in [2.24, 2.45) is 4.99 Å². The summed E-state index contributed by atoms with van der Waals surface area (Å²) in [7, 11) is 0. The van der Waals surface area contributed by atoms with Gasteiger partial charge in [-0.3, -0.25) is 9.79 Å². The number of hydrogen-bond donors (Lipinski definition) is 1. The summed E-state index contributed by atoms with van der Waals surface area (Å²) in [5, 5.41) is 3.26. The van der Waals surface area contributed by atoms with E-state index < -0.39 is 17.8 Å². The molecule has 1 N–H and O–H groups in total. The number of likely N-dealkylation sites (tertiary alicyclic amines) is 1. The van der Waals surface area contributed by atoms with E-state index in [9.17, 15) is 18.0 Å². The molecule has 2 aliphatic heterocycles. The van der Waals surface area contributed by atoms with Gasteiger partial charge in [0.1, 0.15) is 6.10 Å². The number of ether oxygens (including phenoxy) is 1. The van der Waals surface area contributed by atoms with Crippen molar-refractivity contribution in [3.63, 3.8) is 0 Å². The van der Waals surface area contributed by atoms with Gasteiger partial charge in [-0.2, -0.15) is 13.2 Å². The third kappa shape index (κ3) is 5.87. The zero-order valence-corrected chi connectivity index (χ0v) is 17.2. The number of nitrogens with zero attached hydrogens (tertiary/aromatic N) is 3. The summed E-state index contributed by atoms with van der Waals surface area (Å²) in [6.07, 6.45) is -2.49. The molecule has 2 heterocycles. The van der Waals surface area contributed by atoms with E-state index in [0.29, 0.717) is 51.3 Å². The van der Waals surface area contributed by atoms with Crippen LogP contribution in [0.15, 0.2) is 29.3 Å². The van der Waals surface area contributed by atoms with E-state index >= 15 is 0 Å². The third-order valence-electron chi connectivity index (χ3n) is 5.31. The predicted octanol–water partition coefficient (Wildman–Crippen LogP) is 3.06. The van der Waals surface area contributed by atoms with Crippen LogP contribution in [0.4, 0.5) is 13.2 Å². The average molecular weight is 426 g/mol. The Bertz CT molecular complexity index is 754. The Hall–Kier alpha value is -2.29. The lowest BCUT2D eigenvalue weighted by Crippen LogP contribution is -2.48. The van der Waals surface area contributed by atoms with Crippen molar-refractivity contribution in [1.29, 1.82) is 0 Å². The first-order chi connectivity index (χ1) is 14.4. The monoisotopic (exact) mass is 426 g/mol. The molecular weight excluding hydrogens is 397 g/mol. The van der Waals surface area contributed by atoms with Gasteiger partial charge in [0.25, 0.3) is 0 Å². The molecule has 166 valence electrons. The fraction of sp³-hybridized carbons (Fsp3) is 0.619. The molecule has 1 unspecified atom stereocenters. The van der Waals surface area contributed by atoms with Gasteiger partial charge in [-0.25, -0.2) is 0 Å². The SMILES string of the molecule is CCNC(=NCCCN1CCCC1=O)N1CCOC(c2cccc(C(F)(F)F)c2)C1. The molecule has 30 heavy (non-hydrogen) atoms. The van der Waals surface area contributed by atoms with E-state index in [1.54, 1.807) is 6.07 Å². The van der Waals surface area contributed by atoms with Gasteiger partial charge in [0.2, 0.25) is 5.91 Å². The molecule has 0 aromatic heterocycles. The number of carbonyl (C=O) groups excluding carboxylic acids is 1. The highest BCUT2D eigenvalue weighted by molar-refractivity contribution is 5.80. The molecule has 0 radical (unpaired) electrons. The Morgan fingerprint density at radius 1 is 1.33 bits per heavy atom. The fourth-order valence-electron chi connectivity index (χ4n) is 3.77. The maximum atomic E-state index is 13.0. The summed E-state index contributed by atoms with van der Waals surface area (Å²) in [5.74, 6) is 0.938. The maximum Gasteiger partial charge on any atom is 0.416 e. The van der Waals surface area contributed by atoms with Crippen molar-refractivity contribution in [1.82, 2.24) is 15.1 Å². The minimum Gasteiger partial charge on any atom is -0.370 e. The summed E-state index contributed by atoms with van der Waals surface area (Å²) in [6, 6.07) is 5.31. The summed E-state index contributed by atoms with van der Waals surface area (Å²) in [5.41, 5.74) is -0.157. The lowest BCUT2D eigenvalue weighted by molar-refractivity contribution is -0.137. The van der Waals surface area contributed by atoms with Crippen LogP contribution < -0.4 is 5.32 Å². The number of guanidine groups is 1. The van der Waals surface area contributed by atoms with E-state index in [-0.39, 0.29) is 5.91 Å². The third-order valence-corrected chi connectivity index (χ3v) is 5.31. The van der Waals surface area contributed by atoms with E-state index in [1.807, 2.05) is 16.7 Å². The van der Waals surface area contributed by atoms with Crippen LogP contribution in [0.25, 0.3) is 0 Å². The van der Waals surface area contributed by atoms with E-state index in [2.05, 4.69) is 10.3 Å². The van der Waals surface area contributed by atoms with Crippen LogP contribution in [0.2, 0.25) is 0 Å². The molecule has 6 nitrogen and oxygen atoms in total. The normalized spacial score (nSPS) is 20.7. The minimum absolute atomic E-state index is 0.211. The van der Waals surface area contributed by atoms with Crippen molar-refractivity contribution in [3.8, 4) is 0 Å². The van der Waals surface area contributed by atoms with Crippen LogP contribution in [0.5, 0.6) is 0 Å². The number of hydrogen-bond acceptors (Lipinski definition) is 3. The van der Waals surface area contributed by atoms with Gasteiger partial charge < -0.3 is 19.9 Å². The molecule has 0 bridgehead atoms. The van der Waals surface area contributed by atoms with Gasteiger partial charge in [-0.1, -0.05) is 12.1 Å². The lowest BCUT2D eigenvalue weighted by Gasteiger charge is -2.35. The molecule has 1 aromatic rings. The molecule has 2 aliphatic rings. The molecule has 0 aliphatic carbocycles. The van der Waals surface area contributed by atoms with Crippen LogP contribution in [-0.2, 0) is 15.7 Å². The van der Waals surface area contributed by atoms with Crippen LogP contribution in [0.1, 0.15) is 43.4 Å². The Morgan fingerprint density at radius 2 is 2.17 bits per heavy atom. The molecule has 1 atom stereocenters. The zero-order valence-electron chi connectivity index (χ0n) is 17.2. The largest absolute Gasteiger partial charge is 0.416 e. The zero-order chi connectivity index (χ0) is 21.6. The van der Waals surface area contributed by atoms with Gasteiger partial charge in [-0.05, 0) is 37.5 Å². The second-order valence-electron chi connectivity index (χ2n) is 7.50. The number of carbonyl (C=O) groups is 1. The standard InChI is InChI=1S/C21H29F3N4O2/c1-2-25-20(26-9-5-11-27-10-4-8-19(27)29)28-12-13-30-18(15-28)16-6-3-7-17(14-16)21(22,23)24/h3,6-7,14,18H,2,4-5,8-13,15H2,1H3,(H,25,26). The van der Waals surface area contributed by atoms with Gasteiger partial charge in [0.05, 0.1) is 18.7 Å². The van der Waals surface area contributed by atoms with Crippen LogP contribution in [0.3, 0.4) is 0 Å². The van der Waals surface area contributed by atoms with Crippen LogP contribution in [-0.4, -0.2) is 67.5 Å². The number of benzene rings is 1. The Labute approximate surface area is 175 Å². The number of morpholine rings is 1. The van der Waals surface area contributed by atoms with Crippen molar-refractivity contribution in [3.05, 3.63) is 35.4 Å². The average Bonchev–Trinajstić information content (AvgIpc) is 3.14. The molecule has 0 spiro atoms. The molecular formula is C21H29F3N4O2. The summed E-state index contributed by atoms with van der Waals surface area (Å²) in [4.78, 5) is 20.3. The topological polar surface area (TPSA) is 57.2 Å². The first-order valence-corrected chi connectivity index (χ1v) is 10.5. The maximum absolute atomic E-state index is 13.0. The summed E-state index contributed by atoms with van der Waals surface area (Å²) < 4.78 is 44.9. The second-order valence-corrected chi connectivity index (χ2v) is 7.50. The molecule has 1 amide bonds. The summed E-state index contributed by atoms with van der Waals surface area (Å²) in [6.45, 7) is 6.23. The van der Waals surface area contributed by atoms with E-state index in [1.165, 1.54) is 6.07 Å². The van der Waals surface area contributed by atoms with E-state index in [0.717, 1.165) is 37.5 Å². The van der Waals surface area contributed by atoms with Gasteiger partial charge >= 0.3 is 6.18 Å². The smallest absolute Gasteiger partial charge is 0.370 e. The van der Waals surface area contributed by atoms with Crippen molar-refractivity contribution >= 4 is 11.9 Å². The van der Waals surface area contributed by atoms with Crippen molar-refractivity contribution in [2.75, 3.05) is 45.9 Å². The minimum atomic E-state index is -4.38. The highest BCUT2D eigenvalue weighted by Gasteiger charge is 2.32. The van der Waals surface area contributed by atoms with Crippen LogP contribution >= 0.6 is 0 Å². The quantitative estimate of drug-likeness (QED) is 0.432. The number of aliphatic imine (C=N–C) groups is 1. The van der Waals surface area contributed by atoms with E-state index in [4.69, 9.17) is 4.74 Å². The number of halogens is 3. The highest BCUT2D eigenvalue weighted by Crippen LogP contribution is 2.32. The molecule has 2 saturated heterocycles. The molecule has 0 saturated carbocycles. The number of alkyl halides is 3. The second kappa shape index (κ2) is 10.1. The van der Waals surface area contributed by atoms with Gasteiger partial charge in [0, 0.05) is 39.1 Å². The molecule has 2 fully saturated rings. The first kappa shape index (κ1) is 22.4. The van der Waals surface area contributed by atoms with Gasteiger partial charge in [0.15, 0.2) is 5.96 Å². The van der Waals surface area contributed by atoms with Crippen LogP contribution in [0, 0.1) is 0 Å². The molecule has 3 rings (SSSR count).